The Morgan fingerprint density at radius 3 is 2.86 bits per heavy atom. The highest BCUT2D eigenvalue weighted by molar-refractivity contribution is 6.06. The summed E-state index contributed by atoms with van der Waals surface area (Å²) in [7, 11) is 0. The Kier molecular flexibility index (Phi) is 3.37. The van der Waals surface area contributed by atoms with E-state index in [-0.39, 0.29) is 18.2 Å². The summed E-state index contributed by atoms with van der Waals surface area (Å²) in [6.45, 7) is 2.71. The number of piperidine rings is 1. The van der Waals surface area contributed by atoms with Crippen LogP contribution in [0.5, 0.6) is 5.75 Å². The zero-order chi connectivity index (χ0) is 15.0. The van der Waals surface area contributed by atoms with Crippen LogP contribution >= 0.6 is 0 Å². The number of carbonyl (C=O) groups is 3. The number of hydrogen-bond donors (Lipinski definition) is 1. The number of imide groups is 1. The van der Waals surface area contributed by atoms with E-state index in [0.717, 1.165) is 5.56 Å². The summed E-state index contributed by atoms with van der Waals surface area (Å²) >= 11 is 0. The molecule has 2 aliphatic heterocycles. The summed E-state index contributed by atoms with van der Waals surface area (Å²) in [6, 6.07) is 4.87. The average molecular weight is 288 g/mol. The van der Waals surface area contributed by atoms with Gasteiger partial charge in [0.25, 0.3) is 5.91 Å². The Morgan fingerprint density at radius 2 is 2.14 bits per heavy atom. The number of benzene rings is 1. The Hall–Kier alpha value is -2.37. The van der Waals surface area contributed by atoms with Gasteiger partial charge in [0, 0.05) is 13.0 Å². The van der Waals surface area contributed by atoms with E-state index in [2.05, 4.69) is 5.32 Å². The van der Waals surface area contributed by atoms with Crippen LogP contribution in [-0.2, 0) is 16.1 Å². The SMILES string of the molecule is CCOc1cccc2c1C(=O)N(C1CCC(=O)NC1=O)C2. The molecule has 0 aliphatic carbocycles. The predicted octanol–water partition coefficient (Wildman–Crippen LogP) is 0.846. The fraction of sp³-hybridized carbons (Fsp3) is 0.400. The van der Waals surface area contributed by atoms with Crippen LogP contribution in [-0.4, -0.2) is 35.3 Å². The maximum atomic E-state index is 12.6. The molecule has 0 aromatic heterocycles. The minimum atomic E-state index is -0.586. The first-order valence-corrected chi connectivity index (χ1v) is 7.01. The Morgan fingerprint density at radius 1 is 1.33 bits per heavy atom. The molecule has 1 saturated heterocycles. The summed E-state index contributed by atoms with van der Waals surface area (Å²) in [6.07, 6.45) is 0.628. The molecule has 0 saturated carbocycles. The molecular formula is C15H16N2O4. The van der Waals surface area contributed by atoms with Crippen molar-refractivity contribution in [3.05, 3.63) is 29.3 Å². The van der Waals surface area contributed by atoms with Crippen LogP contribution in [0.4, 0.5) is 0 Å². The van der Waals surface area contributed by atoms with Crippen LogP contribution in [0, 0.1) is 0 Å². The van der Waals surface area contributed by atoms with Crippen molar-refractivity contribution in [1.29, 1.82) is 0 Å². The highest BCUT2D eigenvalue weighted by Crippen LogP contribution is 2.33. The third-order valence-electron chi connectivity index (χ3n) is 3.81. The topological polar surface area (TPSA) is 75.7 Å². The highest BCUT2D eigenvalue weighted by atomic mass is 16.5. The molecule has 1 atom stereocenters. The number of hydrogen-bond acceptors (Lipinski definition) is 4. The number of amides is 3. The molecule has 2 aliphatic rings. The summed E-state index contributed by atoms with van der Waals surface area (Å²) < 4.78 is 5.50. The van der Waals surface area contributed by atoms with E-state index >= 15 is 0 Å². The van der Waals surface area contributed by atoms with Crippen molar-refractivity contribution in [1.82, 2.24) is 10.2 Å². The molecule has 1 N–H and O–H groups in total. The molecular weight excluding hydrogens is 272 g/mol. The lowest BCUT2D eigenvalue weighted by molar-refractivity contribution is -0.136. The van der Waals surface area contributed by atoms with Gasteiger partial charge in [-0.3, -0.25) is 19.7 Å². The van der Waals surface area contributed by atoms with Gasteiger partial charge in [0.15, 0.2) is 0 Å². The first-order valence-electron chi connectivity index (χ1n) is 7.01. The van der Waals surface area contributed by atoms with Crippen molar-refractivity contribution < 1.29 is 19.1 Å². The minimum absolute atomic E-state index is 0.205. The van der Waals surface area contributed by atoms with Crippen molar-refractivity contribution >= 4 is 17.7 Å². The third-order valence-corrected chi connectivity index (χ3v) is 3.81. The molecule has 1 aromatic rings. The number of fused-ring (bicyclic) bond motifs is 1. The van der Waals surface area contributed by atoms with Gasteiger partial charge >= 0.3 is 0 Å². The maximum absolute atomic E-state index is 12.6. The lowest BCUT2D eigenvalue weighted by Crippen LogP contribution is -2.52. The van der Waals surface area contributed by atoms with E-state index in [1.807, 2.05) is 19.1 Å². The molecule has 6 heteroatoms. The van der Waals surface area contributed by atoms with Crippen LogP contribution in [0.25, 0.3) is 0 Å². The van der Waals surface area contributed by atoms with Crippen LogP contribution < -0.4 is 10.1 Å². The third kappa shape index (κ3) is 2.26. The average Bonchev–Trinajstić information content (AvgIpc) is 2.78. The minimum Gasteiger partial charge on any atom is -0.493 e. The van der Waals surface area contributed by atoms with Crippen molar-refractivity contribution in [2.24, 2.45) is 0 Å². The van der Waals surface area contributed by atoms with Gasteiger partial charge < -0.3 is 9.64 Å². The standard InChI is InChI=1S/C15H16N2O4/c1-2-21-11-5-3-4-9-8-17(15(20)13(9)11)10-6-7-12(18)16-14(10)19/h3-5,10H,2,6-8H2,1H3,(H,16,18,19). The van der Waals surface area contributed by atoms with Crippen LogP contribution in [0.15, 0.2) is 18.2 Å². The lowest BCUT2D eigenvalue weighted by atomic mass is 10.0. The van der Waals surface area contributed by atoms with Gasteiger partial charge in [0.05, 0.1) is 12.2 Å². The monoisotopic (exact) mass is 288 g/mol. The Balaban J connectivity index is 1.88. The number of carbonyl (C=O) groups excluding carboxylic acids is 3. The van der Waals surface area contributed by atoms with E-state index in [1.165, 1.54) is 4.90 Å². The second-order valence-corrected chi connectivity index (χ2v) is 5.12. The summed E-state index contributed by atoms with van der Waals surface area (Å²) in [5.41, 5.74) is 1.39. The smallest absolute Gasteiger partial charge is 0.258 e. The Bertz CT molecular complexity index is 626. The van der Waals surface area contributed by atoms with Gasteiger partial charge in [-0.2, -0.15) is 0 Å². The molecule has 3 amide bonds. The summed E-state index contributed by atoms with van der Waals surface area (Å²) in [5.74, 6) is -0.334. The van der Waals surface area contributed by atoms with Crippen LogP contribution in [0.1, 0.15) is 35.7 Å². The van der Waals surface area contributed by atoms with Gasteiger partial charge in [-0.25, -0.2) is 0 Å². The van der Waals surface area contributed by atoms with Gasteiger partial charge in [-0.1, -0.05) is 12.1 Å². The van der Waals surface area contributed by atoms with Crippen molar-refractivity contribution in [3.63, 3.8) is 0 Å². The van der Waals surface area contributed by atoms with Gasteiger partial charge in [0.2, 0.25) is 11.8 Å². The Labute approximate surface area is 122 Å². The summed E-state index contributed by atoms with van der Waals surface area (Å²) in [4.78, 5) is 37.3. The van der Waals surface area contributed by atoms with Gasteiger partial charge in [-0.15, -0.1) is 0 Å². The molecule has 21 heavy (non-hydrogen) atoms. The largest absolute Gasteiger partial charge is 0.493 e. The number of nitrogens with zero attached hydrogens (tertiary/aromatic N) is 1. The molecule has 1 aromatic carbocycles. The van der Waals surface area contributed by atoms with Crippen LogP contribution in [0.2, 0.25) is 0 Å². The molecule has 0 radical (unpaired) electrons. The number of ether oxygens (including phenoxy) is 1. The first-order chi connectivity index (χ1) is 10.1. The zero-order valence-corrected chi connectivity index (χ0v) is 11.7. The van der Waals surface area contributed by atoms with E-state index < -0.39 is 11.9 Å². The predicted molar refractivity (Wildman–Crippen MR) is 73.7 cm³/mol. The lowest BCUT2D eigenvalue weighted by Gasteiger charge is -2.29. The summed E-state index contributed by atoms with van der Waals surface area (Å²) in [5, 5.41) is 2.29. The van der Waals surface area contributed by atoms with Gasteiger partial charge in [-0.05, 0) is 25.0 Å². The number of nitrogens with one attached hydrogen (secondary N) is 1. The van der Waals surface area contributed by atoms with Crippen molar-refractivity contribution in [2.45, 2.75) is 32.4 Å². The van der Waals surface area contributed by atoms with E-state index in [0.29, 0.717) is 30.9 Å². The van der Waals surface area contributed by atoms with Gasteiger partial charge in [0.1, 0.15) is 11.8 Å². The molecule has 0 bridgehead atoms. The normalized spacial score (nSPS) is 21.3. The highest BCUT2D eigenvalue weighted by Gasteiger charge is 2.40. The second-order valence-electron chi connectivity index (χ2n) is 5.12. The van der Waals surface area contributed by atoms with Crippen molar-refractivity contribution in [2.75, 3.05) is 6.61 Å². The van der Waals surface area contributed by atoms with Crippen LogP contribution in [0.3, 0.4) is 0 Å². The number of rotatable bonds is 3. The molecule has 1 unspecified atom stereocenters. The fourth-order valence-corrected chi connectivity index (χ4v) is 2.86. The molecule has 2 heterocycles. The molecule has 3 rings (SSSR count). The molecule has 6 nitrogen and oxygen atoms in total. The van der Waals surface area contributed by atoms with E-state index in [9.17, 15) is 14.4 Å². The van der Waals surface area contributed by atoms with Crippen molar-refractivity contribution in [3.8, 4) is 5.75 Å². The molecule has 1 fully saturated rings. The maximum Gasteiger partial charge on any atom is 0.258 e. The first kappa shape index (κ1) is 13.6. The van der Waals surface area contributed by atoms with E-state index in [1.54, 1.807) is 6.07 Å². The van der Waals surface area contributed by atoms with E-state index in [4.69, 9.17) is 4.74 Å². The fourth-order valence-electron chi connectivity index (χ4n) is 2.86. The molecule has 110 valence electrons. The second kappa shape index (κ2) is 5.20. The quantitative estimate of drug-likeness (QED) is 0.837. The zero-order valence-electron chi connectivity index (χ0n) is 11.7. The molecule has 0 spiro atoms.